The molecule has 0 heterocycles. The third kappa shape index (κ3) is 2.86. The Morgan fingerprint density at radius 3 is 2.71 bits per heavy atom. The second-order valence-corrected chi connectivity index (χ2v) is 4.61. The lowest BCUT2D eigenvalue weighted by Gasteiger charge is -2.08. The zero-order valence-electron chi connectivity index (χ0n) is 10.6. The summed E-state index contributed by atoms with van der Waals surface area (Å²) in [6, 6.07) is 13.3. The fraction of sp³-hybridized carbons (Fsp3) is 0.375. The van der Waals surface area contributed by atoms with Gasteiger partial charge < -0.3 is 5.73 Å². The standard InChI is InChI=1S/C16H21N/c1-2-3-5-13-8-9-14-6-4-7-15(10-11-17)16(14)12-13/h4,6-9,12H,2-3,5,10-11,17H2,1H3. The second-order valence-electron chi connectivity index (χ2n) is 4.61. The first-order chi connectivity index (χ1) is 8.35. The van der Waals surface area contributed by atoms with Crippen molar-refractivity contribution in [1.82, 2.24) is 0 Å². The van der Waals surface area contributed by atoms with E-state index in [2.05, 4.69) is 43.3 Å². The molecule has 0 spiro atoms. The topological polar surface area (TPSA) is 26.0 Å². The van der Waals surface area contributed by atoms with Gasteiger partial charge in [0.05, 0.1) is 0 Å². The minimum Gasteiger partial charge on any atom is -0.330 e. The first-order valence-electron chi connectivity index (χ1n) is 6.55. The highest BCUT2D eigenvalue weighted by Gasteiger charge is 2.01. The predicted molar refractivity (Wildman–Crippen MR) is 75.3 cm³/mol. The highest BCUT2D eigenvalue weighted by molar-refractivity contribution is 5.86. The van der Waals surface area contributed by atoms with Crippen molar-refractivity contribution in [2.24, 2.45) is 5.73 Å². The molecule has 2 aromatic rings. The van der Waals surface area contributed by atoms with Crippen LogP contribution in [0.25, 0.3) is 10.8 Å². The molecule has 0 atom stereocenters. The van der Waals surface area contributed by atoms with Crippen molar-refractivity contribution < 1.29 is 0 Å². The molecule has 2 aromatic carbocycles. The third-order valence-electron chi connectivity index (χ3n) is 3.27. The van der Waals surface area contributed by atoms with Crippen LogP contribution in [-0.4, -0.2) is 6.54 Å². The number of hydrogen-bond donors (Lipinski definition) is 1. The summed E-state index contributed by atoms with van der Waals surface area (Å²) in [7, 11) is 0. The lowest BCUT2D eigenvalue weighted by Crippen LogP contribution is -2.03. The minimum atomic E-state index is 0.721. The number of benzene rings is 2. The molecule has 1 heteroatoms. The third-order valence-corrected chi connectivity index (χ3v) is 3.27. The van der Waals surface area contributed by atoms with Crippen molar-refractivity contribution in [2.75, 3.05) is 6.54 Å². The molecule has 0 amide bonds. The molecule has 2 rings (SSSR count). The predicted octanol–water partition coefficient (Wildman–Crippen LogP) is 3.68. The second kappa shape index (κ2) is 5.83. The van der Waals surface area contributed by atoms with Crippen molar-refractivity contribution in [3.63, 3.8) is 0 Å². The van der Waals surface area contributed by atoms with E-state index in [0.29, 0.717) is 0 Å². The van der Waals surface area contributed by atoms with Crippen molar-refractivity contribution in [2.45, 2.75) is 32.6 Å². The van der Waals surface area contributed by atoms with Gasteiger partial charge in [0.2, 0.25) is 0 Å². The van der Waals surface area contributed by atoms with Gasteiger partial charge in [0.15, 0.2) is 0 Å². The fourth-order valence-corrected chi connectivity index (χ4v) is 2.29. The lowest BCUT2D eigenvalue weighted by molar-refractivity contribution is 0.796. The van der Waals surface area contributed by atoms with E-state index in [9.17, 15) is 0 Å². The smallest absolute Gasteiger partial charge is 0.00365 e. The Hall–Kier alpha value is -1.34. The average molecular weight is 227 g/mol. The summed E-state index contributed by atoms with van der Waals surface area (Å²) in [5, 5.41) is 2.71. The van der Waals surface area contributed by atoms with Crippen LogP contribution in [0.5, 0.6) is 0 Å². The number of aryl methyl sites for hydroxylation is 1. The van der Waals surface area contributed by atoms with E-state index in [1.807, 2.05) is 0 Å². The summed E-state index contributed by atoms with van der Waals surface area (Å²) in [6.07, 6.45) is 4.67. The molecule has 0 saturated carbocycles. The molecule has 0 aliphatic rings. The minimum absolute atomic E-state index is 0.721. The first kappa shape index (κ1) is 12.1. The van der Waals surface area contributed by atoms with Crippen molar-refractivity contribution >= 4 is 10.8 Å². The van der Waals surface area contributed by atoms with Crippen LogP contribution in [0.3, 0.4) is 0 Å². The molecule has 0 aromatic heterocycles. The van der Waals surface area contributed by atoms with Crippen LogP contribution in [0, 0.1) is 0 Å². The molecule has 90 valence electrons. The first-order valence-corrected chi connectivity index (χ1v) is 6.55. The van der Waals surface area contributed by atoms with Gasteiger partial charge in [0.25, 0.3) is 0 Å². The fourth-order valence-electron chi connectivity index (χ4n) is 2.29. The van der Waals surface area contributed by atoms with E-state index >= 15 is 0 Å². The number of hydrogen-bond acceptors (Lipinski definition) is 1. The zero-order chi connectivity index (χ0) is 12.1. The molecule has 0 aliphatic heterocycles. The normalized spacial score (nSPS) is 10.9. The SMILES string of the molecule is CCCCc1ccc2cccc(CCN)c2c1. The lowest BCUT2D eigenvalue weighted by atomic mass is 9.98. The molecular weight excluding hydrogens is 206 g/mol. The van der Waals surface area contributed by atoms with Gasteiger partial charge in [-0.25, -0.2) is 0 Å². The van der Waals surface area contributed by atoms with Gasteiger partial charge in [0, 0.05) is 0 Å². The Kier molecular flexibility index (Phi) is 4.16. The maximum absolute atomic E-state index is 5.67. The van der Waals surface area contributed by atoms with E-state index in [-0.39, 0.29) is 0 Å². The van der Waals surface area contributed by atoms with Crippen LogP contribution < -0.4 is 5.73 Å². The van der Waals surface area contributed by atoms with E-state index in [4.69, 9.17) is 5.73 Å². The molecule has 0 bridgehead atoms. The highest BCUT2D eigenvalue weighted by Crippen LogP contribution is 2.21. The van der Waals surface area contributed by atoms with E-state index in [0.717, 1.165) is 13.0 Å². The van der Waals surface area contributed by atoms with Crippen LogP contribution in [0.2, 0.25) is 0 Å². The van der Waals surface area contributed by atoms with Crippen molar-refractivity contribution in [3.05, 3.63) is 47.5 Å². The highest BCUT2D eigenvalue weighted by atomic mass is 14.5. The number of unbranched alkanes of at least 4 members (excludes halogenated alkanes) is 1. The largest absolute Gasteiger partial charge is 0.330 e. The summed E-state index contributed by atoms with van der Waals surface area (Å²) in [5.41, 5.74) is 8.50. The Bertz CT molecular complexity index is 488. The molecule has 0 saturated heterocycles. The molecule has 0 unspecified atom stereocenters. The van der Waals surface area contributed by atoms with Gasteiger partial charge in [-0.1, -0.05) is 49.7 Å². The molecule has 1 nitrogen and oxygen atoms in total. The Balaban J connectivity index is 2.38. The number of fused-ring (bicyclic) bond motifs is 1. The average Bonchev–Trinajstić information content (AvgIpc) is 2.37. The summed E-state index contributed by atoms with van der Waals surface area (Å²) in [6.45, 7) is 2.96. The summed E-state index contributed by atoms with van der Waals surface area (Å²) in [5.74, 6) is 0. The van der Waals surface area contributed by atoms with E-state index < -0.39 is 0 Å². The Labute approximate surface area is 104 Å². The quantitative estimate of drug-likeness (QED) is 0.828. The molecule has 0 radical (unpaired) electrons. The van der Waals surface area contributed by atoms with Gasteiger partial charge >= 0.3 is 0 Å². The van der Waals surface area contributed by atoms with Gasteiger partial charge in [0.1, 0.15) is 0 Å². The van der Waals surface area contributed by atoms with Crippen LogP contribution in [0.4, 0.5) is 0 Å². The molecule has 2 N–H and O–H groups in total. The number of nitrogens with two attached hydrogens (primary N) is 1. The summed E-state index contributed by atoms with van der Waals surface area (Å²) >= 11 is 0. The van der Waals surface area contributed by atoms with Crippen LogP contribution in [-0.2, 0) is 12.8 Å². The zero-order valence-corrected chi connectivity index (χ0v) is 10.6. The van der Waals surface area contributed by atoms with Crippen molar-refractivity contribution in [3.8, 4) is 0 Å². The van der Waals surface area contributed by atoms with Gasteiger partial charge in [-0.05, 0) is 47.7 Å². The van der Waals surface area contributed by atoms with Crippen LogP contribution in [0.15, 0.2) is 36.4 Å². The Morgan fingerprint density at radius 1 is 1.06 bits per heavy atom. The van der Waals surface area contributed by atoms with Crippen LogP contribution in [0.1, 0.15) is 30.9 Å². The maximum Gasteiger partial charge on any atom is -0.00365 e. The molecule has 0 fully saturated rings. The van der Waals surface area contributed by atoms with Gasteiger partial charge in [-0.2, -0.15) is 0 Å². The van der Waals surface area contributed by atoms with Gasteiger partial charge in [-0.15, -0.1) is 0 Å². The Morgan fingerprint density at radius 2 is 1.94 bits per heavy atom. The molecular formula is C16H21N. The van der Waals surface area contributed by atoms with Crippen LogP contribution >= 0.6 is 0 Å². The van der Waals surface area contributed by atoms with E-state index in [1.54, 1.807) is 0 Å². The number of rotatable bonds is 5. The summed E-state index contributed by atoms with van der Waals surface area (Å²) in [4.78, 5) is 0. The maximum atomic E-state index is 5.67. The van der Waals surface area contributed by atoms with E-state index in [1.165, 1.54) is 41.2 Å². The molecule has 0 aliphatic carbocycles. The van der Waals surface area contributed by atoms with Crippen molar-refractivity contribution in [1.29, 1.82) is 0 Å². The molecule has 17 heavy (non-hydrogen) atoms. The monoisotopic (exact) mass is 227 g/mol. The van der Waals surface area contributed by atoms with Gasteiger partial charge in [-0.3, -0.25) is 0 Å². The summed E-state index contributed by atoms with van der Waals surface area (Å²) < 4.78 is 0.